The Kier molecular flexibility index (Phi) is 10.4. The molecule has 37 heavy (non-hydrogen) atoms. The van der Waals surface area contributed by atoms with Gasteiger partial charge in [-0.05, 0) is 52.7 Å². The Labute approximate surface area is 225 Å². The minimum atomic E-state index is -1.17. The van der Waals surface area contributed by atoms with E-state index in [1.165, 1.54) is 11.0 Å². The number of para-hydroxylation sites is 1. The fourth-order valence-electron chi connectivity index (χ4n) is 3.75. The molecule has 0 aliphatic carbocycles. The number of nitrogens with zero attached hydrogens (tertiary/aromatic N) is 1. The molecule has 0 heterocycles. The molecule has 0 aliphatic heterocycles. The summed E-state index contributed by atoms with van der Waals surface area (Å²) in [6, 6.07) is 13.6. The predicted molar refractivity (Wildman–Crippen MR) is 147 cm³/mol. The largest absolute Gasteiger partial charge is 0.508 e. The fraction of sp³-hybridized carbons (Fsp3) is 0.464. The Hall–Kier alpha value is -3.20. The minimum Gasteiger partial charge on any atom is -0.508 e. The van der Waals surface area contributed by atoms with Gasteiger partial charge in [0.25, 0.3) is 0 Å². The van der Waals surface area contributed by atoms with Crippen LogP contribution in [0.25, 0.3) is 0 Å². The number of aromatic hydroxyl groups is 1. The van der Waals surface area contributed by atoms with Gasteiger partial charge in [-0.25, -0.2) is 4.79 Å². The summed E-state index contributed by atoms with van der Waals surface area (Å²) in [5.41, 5.74) is -0.422. The van der Waals surface area contributed by atoms with E-state index in [-0.39, 0.29) is 23.6 Å². The first kappa shape index (κ1) is 30.0. The summed E-state index contributed by atoms with van der Waals surface area (Å²) in [6.45, 7) is 11.0. The van der Waals surface area contributed by atoms with Crippen molar-refractivity contribution in [1.82, 2.24) is 15.5 Å². The predicted octanol–water partition coefficient (Wildman–Crippen LogP) is 4.59. The summed E-state index contributed by atoms with van der Waals surface area (Å²) in [5.74, 6) is -1.12. The monoisotopic (exact) mass is 529 g/mol. The standard InChI is InChI=1S/C28H39N3O5S/c1-7-28(5,6)31(25(34)21(18-37)30-26(35)36-27(2,3)4)23(20-15-11-12-16-22(20)32)24(33)29-17-19-13-9-8-10-14-19/h8-16,21,23,32,37H,7,17-18H2,1-6H3,(H,29,33)(H,30,35). The lowest BCUT2D eigenvalue weighted by Crippen LogP contribution is -2.59. The van der Waals surface area contributed by atoms with Gasteiger partial charge in [-0.15, -0.1) is 0 Å². The maximum absolute atomic E-state index is 14.0. The second-order valence-electron chi connectivity index (χ2n) is 10.4. The van der Waals surface area contributed by atoms with Crippen LogP contribution in [-0.2, 0) is 20.9 Å². The molecule has 3 amide bonds. The first-order valence-electron chi connectivity index (χ1n) is 12.3. The number of hydrogen-bond acceptors (Lipinski definition) is 6. The number of thiol groups is 1. The number of benzene rings is 2. The van der Waals surface area contributed by atoms with Crippen LogP contribution in [0.5, 0.6) is 5.75 Å². The lowest BCUT2D eigenvalue weighted by molar-refractivity contribution is -0.149. The highest BCUT2D eigenvalue weighted by Crippen LogP contribution is 2.36. The van der Waals surface area contributed by atoms with Crippen LogP contribution in [0.15, 0.2) is 54.6 Å². The van der Waals surface area contributed by atoms with Gasteiger partial charge < -0.3 is 25.4 Å². The Morgan fingerprint density at radius 1 is 1.00 bits per heavy atom. The minimum absolute atomic E-state index is 0.0203. The Bertz CT molecular complexity index is 1070. The molecule has 202 valence electrons. The molecule has 2 aromatic rings. The third kappa shape index (κ3) is 8.42. The van der Waals surface area contributed by atoms with Crippen LogP contribution in [0.3, 0.4) is 0 Å². The van der Waals surface area contributed by atoms with E-state index in [9.17, 15) is 19.5 Å². The Morgan fingerprint density at radius 2 is 1.59 bits per heavy atom. The number of carbonyl (C=O) groups excluding carboxylic acids is 3. The molecule has 0 saturated carbocycles. The van der Waals surface area contributed by atoms with Gasteiger partial charge >= 0.3 is 6.09 Å². The summed E-state index contributed by atoms with van der Waals surface area (Å²) in [4.78, 5) is 41.7. The van der Waals surface area contributed by atoms with Crippen LogP contribution >= 0.6 is 12.6 Å². The molecule has 2 atom stereocenters. The first-order valence-corrected chi connectivity index (χ1v) is 13.0. The number of alkyl carbamates (subject to hydrolysis) is 1. The Balaban J connectivity index is 2.51. The van der Waals surface area contributed by atoms with Crippen molar-refractivity contribution in [3.8, 4) is 5.75 Å². The molecular weight excluding hydrogens is 490 g/mol. The van der Waals surface area contributed by atoms with Crippen LogP contribution in [0.1, 0.15) is 65.1 Å². The second-order valence-corrected chi connectivity index (χ2v) is 10.8. The number of carbonyl (C=O) groups is 3. The molecule has 0 bridgehead atoms. The zero-order chi connectivity index (χ0) is 27.8. The van der Waals surface area contributed by atoms with E-state index in [1.807, 2.05) is 51.1 Å². The highest BCUT2D eigenvalue weighted by atomic mass is 32.1. The van der Waals surface area contributed by atoms with Gasteiger partial charge in [0, 0.05) is 23.4 Å². The Morgan fingerprint density at radius 3 is 2.14 bits per heavy atom. The van der Waals surface area contributed by atoms with E-state index >= 15 is 0 Å². The molecule has 0 radical (unpaired) electrons. The molecule has 0 aliphatic rings. The van der Waals surface area contributed by atoms with Gasteiger partial charge in [0.05, 0.1) is 0 Å². The van der Waals surface area contributed by atoms with Crippen molar-refractivity contribution < 1.29 is 24.2 Å². The molecule has 0 spiro atoms. The van der Waals surface area contributed by atoms with Gasteiger partial charge in [-0.1, -0.05) is 55.5 Å². The van der Waals surface area contributed by atoms with Crippen LogP contribution in [0, 0.1) is 0 Å². The van der Waals surface area contributed by atoms with Crippen LogP contribution in [0.2, 0.25) is 0 Å². The highest BCUT2D eigenvalue weighted by Gasteiger charge is 2.43. The molecular formula is C28H39N3O5S. The van der Waals surface area contributed by atoms with Gasteiger partial charge in [0.1, 0.15) is 23.4 Å². The molecule has 3 N–H and O–H groups in total. The van der Waals surface area contributed by atoms with Crippen molar-refractivity contribution in [3.05, 3.63) is 65.7 Å². The third-order valence-corrected chi connectivity index (χ3v) is 6.34. The van der Waals surface area contributed by atoms with Crippen molar-refractivity contribution in [2.24, 2.45) is 0 Å². The number of ether oxygens (including phenoxy) is 1. The van der Waals surface area contributed by atoms with E-state index < -0.39 is 41.1 Å². The molecule has 0 aromatic heterocycles. The molecule has 2 aromatic carbocycles. The fourth-order valence-corrected chi connectivity index (χ4v) is 3.99. The molecule has 2 rings (SSSR count). The summed E-state index contributed by atoms with van der Waals surface area (Å²) < 4.78 is 5.34. The van der Waals surface area contributed by atoms with Crippen molar-refractivity contribution in [2.45, 2.75) is 77.7 Å². The van der Waals surface area contributed by atoms with Gasteiger partial charge in [-0.2, -0.15) is 12.6 Å². The van der Waals surface area contributed by atoms with E-state index in [4.69, 9.17) is 4.74 Å². The number of phenolic OH excluding ortho intramolecular Hbond substituents is 1. The average Bonchev–Trinajstić information content (AvgIpc) is 2.84. The first-order chi connectivity index (χ1) is 17.3. The summed E-state index contributed by atoms with van der Waals surface area (Å²) >= 11 is 4.31. The zero-order valence-electron chi connectivity index (χ0n) is 22.4. The summed E-state index contributed by atoms with van der Waals surface area (Å²) in [5, 5.41) is 16.2. The van der Waals surface area contributed by atoms with Gasteiger partial charge in [0.2, 0.25) is 11.8 Å². The van der Waals surface area contributed by atoms with E-state index in [2.05, 4.69) is 23.3 Å². The molecule has 0 fully saturated rings. The molecule has 0 saturated heterocycles. The normalized spacial score (nSPS) is 13.3. The molecule has 8 nitrogen and oxygen atoms in total. The summed E-state index contributed by atoms with van der Waals surface area (Å²) in [6.07, 6.45) is -0.262. The number of hydrogen-bond donors (Lipinski definition) is 4. The topological polar surface area (TPSA) is 108 Å². The molecule has 9 heteroatoms. The molecule has 2 unspecified atom stereocenters. The summed E-state index contributed by atoms with van der Waals surface area (Å²) in [7, 11) is 0. The van der Waals surface area contributed by atoms with E-state index in [0.29, 0.717) is 6.42 Å². The van der Waals surface area contributed by atoms with Crippen LogP contribution in [-0.4, -0.2) is 50.8 Å². The van der Waals surface area contributed by atoms with E-state index in [0.717, 1.165) is 5.56 Å². The van der Waals surface area contributed by atoms with Crippen LogP contribution in [0.4, 0.5) is 4.79 Å². The lowest BCUT2D eigenvalue weighted by Gasteiger charge is -2.44. The number of nitrogens with one attached hydrogen (secondary N) is 2. The maximum Gasteiger partial charge on any atom is 0.408 e. The van der Waals surface area contributed by atoms with Gasteiger partial charge in [0.15, 0.2) is 0 Å². The van der Waals surface area contributed by atoms with Crippen molar-refractivity contribution in [2.75, 3.05) is 5.75 Å². The SMILES string of the molecule is CCC(C)(C)N(C(=O)C(CS)NC(=O)OC(C)(C)C)C(C(=O)NCc1ccccc1)c1ccccc1O. The average molecular weight is 530 g/mol. The highest BCUT2D eigenvalue weighted by molar-refractivity contribution is 7.80. The number of amides is 3. The van der Waals surface area contributed by atoms with E-state index in [1.54, 1.807) is 39.0 Å². The third-order valence-electron chi connectivity index (χ3n) is 5.97. The number of rotatable bonds is 10. The number of phenols is 1. The smallest absolute Gasteiger partial charge is 0.408 e. The maximum atomic E-state index is 14.0. The van der Waals surface area contributed by atoms with Crippen molar-refractivity contribution in [3.63, 3.8) is 0 Å². The van der Waals surface area contributed by atoms with Crippen molar-refractivity contribution >= 4 is 30.5 Å². The quantitative estimate of drug-likeness (QED) is 0.337. The zero-order valence-corrected chi connectivity index (χ0v) is 23.3. The van der Waals surface area contributed by atoms with Gasteiger partial charge in [-0.3, -0.25) is 9.59 Å². The van der Waals surface area contributed by atoms with Crippen molar-refractivity contribution in [1.29, 1.82) is 0 Å². The second kappa shape index (κ2) is 12.9. The lowest BCUT2D eigenvalue weighted by atomic mass is 9.91. The van der Waals surface area contributed by atoms with Crippen LogP contribution < -0.4 is 10.6 Å².